The number of nitrogens with one attached hydrogen (secondary N) is 1. The lowest BCUT2D eigenvalue weighted by Crippen LogP contribution is -2.13. The number of aromatic nitrogens is 1. The molecule has 9 heteroatoms. The molecule has 0 radical (unpaired) electrons. The molecular weight excluding hydrogens is 439 g/mol. The van der Waals surface area contributed by atoms with Gasteiger partial charge in [0, 0.05) is 17.5 Å². The summed E-state index contributed by atoms with van der Waals surface area (Å²) in [6.45, 7) is 2.40. The molecule has 0 aliphatic rings. The molecule has 0 unspecified atom stereocenters. The predicted molar refractivity (Wildman–Crippen MR) is 116 cm³/mol. The molecule has 0 atom stereocenters. The van der Waals surface area contributed by atoms with Crippen molar-refractivity contribution in [3.63, 3.8) is 0 Å². The number of amides is 1. The van der Waals surface area contributed by atoms with E-state index in [4.69, 9.17) is 4.74 Å². The van der Waals surface area contributed by atoms with Crippen LogP contribution < -0.4 is 10.1 Å². The van der Waals surface area contributed by atoms with Gasteiger partial charge in [-0.2, -0.15) is 18.4 Å². The smallest absolute Gasteiger partial charge is 0.416 e. The summed E-state index contributed by atoms with van der Waals surface area (Å²) in [6.07, 6.45) is -1.23. The van der Waals surface area contributed by atoms with E-state index < -0.39 is 17.6 Å². The first-order valence-corrected chi connectivity index (χ1v) is 10.4. The number of thiazole rings is 1. The highest BCUT2D eigenvalue weighted by atomic mass is 32.1. The van der Waals surface area contributed by atoms with Gasteiger partial charge in [-0.25, -0.2) is 4.98 Å². The van der Waals surface area contributed by atoms with Crippen LogP contribution in [0, 0.1) is 11.3 Å². The highest BCUT2D eigenvalue weighted by molar-refractivity contribution is 7.15. The molecule has 5 nitrogen and oxygen atoms in total. The lowest BCUT2D eigenvalue weighted by atomic mass is 10.1. The van der Waals surface area contributed by atoms with Crippen LogP contribution in [0.1, 0.15) is 28.5 Å². The van der Waals surface area contributed by atoms with Gasteiger partial charge in [0.2, 0.25) is 0 Å². The minimum atomic E-state index is -4.41. The Morgan fingerprint density at radius 2 is 2.00 bits per heavy atom. The van der Waals surface area contributed by atoms with Crippen molar-refractivity contribution < 1.29 is 22.7 Å². The van der Waals surface area contributed by atoms with E-state index in [-0.39, 0.29) is 17.1 Å². The average Bonchev–Trinajstić information content (AvgIpc) is 3.19. The minimum absolute atomic E-state index is 0.108. The summed E-state index contributed by atoms with van der Waals surface area (Å²) in [5, 5.41) is 12.2. The number of anilines is 1. The van der Waals surface area contributed by atoms with E-state index in [1.54, 1.807) is 30.3 Å². The molecule has 164 valence electrons. The number of nitrogens with zero attached hydrogens (tertiary/aromatic N) is 2. The van der Waals surface area contributed by atoms with E-state index in [1.807, 2.05) is 13.0 Å². The third-order valence-electron chi connectivity index (χ3n) is 4.27. The topological polar surface area (TPSA) is 75.0 Å². The summed E-state index contributed by atoms with van der Waals surface area (Å²) < 4.78 is 44.0. The standard InChI is InChI=1S/C23H18F3N3O2S/c1-2-31-19-8-6-15(7-9-19)10-17(13-27)21(30)29-22-28-14-20(32-22)12-16-4-3-5-18(11-16)23(24,25)26/h3-11,14H,2,12H2,1H3,(H,28,29,30). The molecule has 0 aliphatic carbocycles. The van der Waals surface area contributed by atoms with Crippen LogP contribution in [-0.4, -0.2) is 17.5 Å². The molecular formula is C23H18F3N3O2S. The van der Waals surface area contributed by atoms with E-state index in [0.29, 0.717) is 28.4 Å². The van der Waals surface area contributed by atoms with Gasteiger partial charge >= 0.3 is 6.18 Å². The Labute approximate surface area is 186 Å². The molecule has 1 heterocycles. The first-order valence-electron chi connectivity index (χ1n) is 9.55. The van der Waals surface area contributed by atoms with Crippen LogP contribution in [-0.2, 0) is 17.4 Å². The largest absolute Gasteiger partial charge is 0.494 e. The van der Waals surface area contributed by atoms with Gasteiger partial charge in [-0.1, -0.05) is 30.3 Å². The van der Waals surface area contributed by atoms with Crippen molar-refractivity contribution in [2.24, 2.45) is 0 Å². The Balaban J connectivity index is 1.67. The Morgan fingerprint density at radius 3 is 2.66 bits per heavy atom. The number of carbonyl (C=O) groups is 1. The summed E-state index contributed by atoms with van der Waals surface area (Å²) in [7, 11) is 0. The van der Waals surface area contributed by atoms with Crippen molar-refractivity contribution in [1.82, 2.24) is 4.98 Å². The highest BCUT2D eigenvalue weighted by Crippen LogP contribution is 2.30. The van der Waals surface area contributed by atoms with Gasteiger partial charge in [0.05, 0.1) is 12.2 Å². The molecule has 1 N–H and O–H groups in total. The van der Waals surface area contributed by atoms with Gasteiger partial charge in [0.15, 0.2) is 5.13 Å². The zero-order valence-electron chi connectivity index (χ0n) is 16.9. The lowest BCUT2D eigenvalue weighted by Gasteiger charge is -2.07. The predicted octanol–water partition coefficient (Wildman–Crippen LogP) is 5.70. The second-order valence-electron chi connectivity index (χ2n) is 6.63. The molecule has 1 aromatic heterocycles. The maximum Gasteiger partial charge on any atom is 0.416 e. The second kappa shape index (κ2) is 10.1. The van der Waals surface area contributed by atoms with E-state index in [1.165, 1.54) is 18.3 Å². The number of halogens is 3. The monoisotopic (exact) mass is 457 g/mol. The maximum absolute atomic E-state index is 12.9. The van der Waals surface area contributed by atoms with Gasteiger partial charge in [0.1, 0.15) is 17.4 Å². The fraction of sp³-hybridized carbons (Fsp3) is 0.174. The van der Waals surface area contributed by atoms with Crippen molar-refractivity contribution >= 4 is 28.5 Å². The zero-order valence-corrected chi connectivity index (χ0v) is 17.8. The number of carbonyl (C=O) groups excluding carboxylic acids is 1. The second-order valence-corrected chi connectivity index (χ2v) is 7.75. The Bertz CT molecular complexity index is 1160. The average molecular weight is 457 g/mol. The fourth-order valence-corrected chi connectivity index (χ4v) is 3.65. The molecule has 1 amide bonds. The number of benzene rings is 2. The Kier molecular flexibility index (Phi) is 7.28. The van der Waals surface area contributed by atoms with Crippen LogP contribution in [0.3, 0.4) is 0 Å². The van der Waals surface area contributed by atoms with Crippen LogP contribution in [0.5, 0.6) is 5.75 Å². The first kappa shape index (κ1) is 23.0. The van der Waals surface area contributed by atoms with Crippen LogP contribution in [0.15, 0.2) is 60.3 Å². The molecule has 0 bridgehead atoms. The van der Waals surface area contributed by atoms with E-state index in [2.05, 4.69) is 10.3 Å². The fourth-order valence-electron chi connectivity index (χ4n) is 2.81. The summed E-state index contributed by atoms with van der Waals surface area (Å²) in [6, 6.07) is 13.9. The molecule has 2 aromatic carbocycles. The van der Waals surface area contributed by atoms with E-state index in [0.717, 1.165) is 23.5 Å². The normalized spacial score (nSPS) is 11.7. The first-order chi connectivity index (χ1) is 15.3. The number of ether oxygens (including phenoxy) is 1. The molecule has 0 fully saturated rings. The Hall–Kier alpha value is -3.64. The third kappa shape index (κ3) is 6.18. The van der Waals surface area contributed by atoms with Crippen LogP contribution in [0.2, 0.25) is 0 Å². The molecule has 0 spiro atoms. The maximum atomic E-state index is 12.9. The summed E-state index contributed by atoms with van der Waals surface area (Å²) >= 11 is 1.13. The highest BCUT2D eigenvalue weighted by Gasteiger charge is 2.30. The van der Waals surface area contributed by atoms with Crippen molar-refractivity contribution in [2.75, 3.05) is 11.9 Å². The zero-order chi connectivity index (χ0) is 23.1. The number of rotatable bonds is 7. The number of hydrogen-bond donors (Lipinski definition) is 1. The van der Waals surface area contributed by atoms with Crippen LogP contribution in [0.4, 0.5) is 18.3 Å². The minimum Gasteiger partial charge on any atom is -0.494 e. The molecule has 32 heavy (non-hydrogen) atoms. The molecule has 0 saturated heterocycles. The molecule has 0 saturated carbocycles. The Morgan fingerprint density at radius 1 is 1.25 bits per heavy atom. The van der Waals surface area contributed by atoms with Crippen LogP contribution in [0.25, 0.3) is 6.08 Å². The van der Waals surface area contributed by atoms with Crippen molar-refractivity contribution in [2.45, 2.75) is 19.5 Å². The summed E-state index contributed by atoms with van der Waals surface area (Å²) in [5.74, 6) is 0.0602. The van der Waals surface area contributed by atoms with Gasteiger partial charge in [0.25, 0.3) is 5.91 Å². The summed E-state index contributed by atoms with van der Waals surface area (Å²) in [5.41, 5.74) is 0.314. The van der Waals surface area contributed by atoms with Gasteiger partial charge in [-0.15, -0.1) is 11.3 Å². The van der Waals surface area contributed by atoms with Crippen molar-refractivity contribution in [1.29, 1.82) is 5.26 Å². The third-order valence-corrected chi connectivity index (χ3v) is 5.19. The van der Waals surface area contributed by atoms with Crippen LogP contribution >= 0.6 is 11.3 Å². The number of hydrogen-bond acceptors (Lipinski definition) is 5. The van der Waals surface area contributed by atoms with Gasteiger partial charge < -0.3 is 4.74 Å². The van der Waals surface area contributed by atoms with Crippen molar-refractivity contribution in [3.05, 3.63) is 81.9 Å². The number of nitriles is 1. The number of alkyl halides is 3. The van der Waals surface area contributed by atoms with Crippen molar-refractivity contribution in [3.8, 4) is 11.8 Å². The van der Waals surface area contributed by atoms with Gasteiger partial charge in [-0.05, 0) is 42.3 Å². The van der Waals surface area contributed by atoms with Gasteiger partial charge in [-0.3, -0.25) is 10.1 Å². The lowest BCUT2D eigenvalue weighted by molar-refractivity contribution is -0.137. The van der Waals surface area contributed by atoms with E-state index in [9.17, 15) is 23.2 Å². The quantitative estimate of drug-likeness (QED) is 0.365. The molecule has 3 rings (SSSR count). The molecule has 3 aromatic rings. The SMILES string of the molecule is CCOc1ccc(C=C(C#N)C(=O)Nc2ncc(Cc3cccc(C(F)(F)F)c3)s2)cc1. The summed E-state index contributed by atoms with van der Waals surface area (Å²) in [4.78, 5) is 17.2. The van der Waals surface area contributed by atoms with E-state index >= 15 is 0 Å². The molecule has 0 aliphatic heterocycles.